The van der Waals surface area contributed by atoms with Gasteiger partial charge in [-0.1, -0.05) is 115 Å². The van der Waals surface area contributed by atoms with E-state index in [4.69, 9.17) is 4.74 Å². The fourth-order valence-corrected chi connectivity index (χ4v) is 7.55. The Morgan fingerprint density at radius 2 is 1.37 bits per heavy atom. The average Bonchev–Trinajstić information content (AvgIpc) is 3.74. The molecule has 1 fully saturated rings. The van der Waals surface area contributed by atoms with Gasteiger partial charge in [0, 0.05) is 32.9 Å². The first-order valence-electron chi connectivity index (χ1n) is 23.3. The minimum Gasteiger partial charge on any atom is -0.481 e. The molecule has 0 aromatic heterocycles. The minimum absolute atomic E-state index is 0.0340. The highest BCUT2D eigenvalue weighted by Gasteiger charge is 2.45. The van der Waals surface area contributed by atoms with Crippen molar-refractivity contribution in [2.45, 2.75) is 149 Å². The second-order valence-corrected chi connectivity index (χ2v) is 17.5. The third kappa shape index (κ3) is 17.9. The Morgan fingerprint density at radius 3 is 1.94 bits per heavy atom. The Balaban J connectivity index is 1.92. The zero-order valence-electron chi connectivity index (χ0n) is 40.1. The number of benzene rings is 2. The van der Waals surface area contributed by atoms with E-state index in [0.717, 1.165) is 30.9 Å². The molecule has 2 aromatic rings. The van der Waals surface area contributed by atoms with Crippen LogP contribution in [0.1, 0.15) is 117 Å². The number of ether oxygens (including phenoxy) is 1. The first-order valence-corrected chi connectivity index (χ1v) is 23.3. The van der Waals surface area contributed by atoms with Gasteiger partial charge in [0.05, 0.1) is 25.2 Å². The molecule has 2 aromatic carbocycles. The largest absolute Gasteiger partial charge is 0.481 e. The van der Waals surface area contributed by atoms with Crippen LogP contribution in [0.2, 0.25) is 0 Å². The van der Waals surface area contributed by atoms with Crippen molar-refractivity contribution >= 4 is 53.4 Å². The first-order chi connectivity index (χ1) is 32.2. The molecule has 1 heterocycles. The van der Waals surface area contributed by atoms with Gasteiger partial charge in [0.1, 0.15) is 30.2 Å². The molecule has 3 rings (SSSR count). The molecule has 8 atom stereocenters. The number of hydrazine groups is 1. The van der Waals surface area contributed by atoms with Crippen LogP contribution < -0.4 is 32.0 Å². The second kappa shape index (κ2) is 27.9. The third-order valence-electron chi connectivity index (χ3n) is 11.7. The van der Waals surface area contributed by atoms with Crippen LogP contribution in [0.4, 0.5) is 4.79 Å². The maximum absolute atomic E-state index is 14.8. The van der Waals surface area contributed by atoms with Gasteiger partial charge in [0.25, 0.3) is 5.91 Å². The maximum Gasteiger partial charge on any atom is 0.336 e. The van der Waals surface area contributed by atoms with E-state index in [-0.39, 0.29) is 26.1 Å². The van der Waals surface area contributed by atoms with E-state index < -0.39 is 127 Å². The summed E-state index contributed by atoms with van der Waals surface area (Å²) >= 11 is 0. The summed E-state index contributed by atoms with van der Waals surface area (Å²) in [6, 6.07) is 10.9. The number of aliphatic carboxylic acids is 2. The average molecular weight is 951 g/mol. The standard InChI is InChI=1S/C48H70N8O12/c1-8-10-17-24-56(48(67)49-31(6)34-20-15-12-16-21-34)54-45(64)38-25-35(68-28-33-18-13-11-14-19-33)27-55(38)47(66)41(29(3)4)52-46(65)42(30(5)9-2)53-43(62)36(22-23-39(58)59)51-44(63)37(26-40(60)61)50-32(7)57/h11-16,18-21,29-31,35-38,41-42H,8-10,17,22-28H2,1-7H3,(H,49,67)(H,50,57)(H,51,63)(H,52,65)(H,53,62)(H,54,64)(H,58,59)(H,60,61)/t30-,31-,35+,36+,37-,38-,41-,42-/m0/s1. The molecule has 1 aliphatic rings. The Bertz CT molecular complexity index is 2010. The molecule has 1 aliphatic heterocycles. The lowest BCUT2D eigenvalue weighted by atomic mass is 9.95. The number of hydrogen-bond donors (Lipinski definition) is 8. The van der Waals surface area contributed by atoms with Crippen LogP contribution in [0.5, 0.6) is 0 Å². The van der Waals surface area contributed by atoms with Gasteiger partial charge < -0.3 is 46.4 Å². The smallest absolute Gasteiger partial charge is 0.336 e. The number of nitrogens with zero attached hydrogens (tertiary/aromatic N) is 2. The summed E-state index contributed by atoms with van der Waals surface area (Å²) in [7, 11) is 0. The molecule has 0 unspecified atom stereocenters. The van der Waals surface area contributed by atoms with Crippen LogP contribution >= 0.6 is 0 Å². The van der Waals surface area contributed by atoms with Gasteiger partial charge in [0.15, 0.2) is 0 Å². The van der Waals surface area contributed by atoms with Gasteiger partial charge in [0.2, 0.25) is 29.5 Å². The third-order valence-corrected chi connectivity index (χ3v) is 11.7. The molecule has 8 amide bonds. The number of amides is 8. The minimum atomic E-state index is -1.60. The van der Waals surface area contributed by atoms with Crippen molar-refractivity contribution in [2.75, 3.05) is 13.1 Å². The molecule has 0 radical (unpaired) electrons. The van der Waals surface area contributed by atoms with E-state index in [0.29, 0.717) is 12.8 Å². The lowest BCUT2D eigenvalue weighted by Gasteiger charge is -2.33. The Hall–Kier alpha value is -6.57. The highest BCUT2D eigenvalue weighted by Crippen LogP contribution is 2.25. The van der Waals surface area contributed by atoms with Crippen molar-refractivity contribution in [3.05, 3.63) is 71.8 Å². The normalized spacial score (nSPS) is 17.0. The van der Waals surface area contributed by atoms with Gasteiger partial charge in [-0.2, -0.15) is 0 Å². The summed E-state index contributed by atoms with van der Waals surface area (Å²) in [6.45, 7) is 12.1. The monoisotopic (exact) mass is 951 g/mol. The number of carbonyl (C=O) groups is 9. The Kier molecular flexibility index (Phi) is 22.9. The van der Waals surface area contributed by atoms with Crippen LogP contribution in [-0.2, 0) is 49.7 Å². The van der Waals surface area contributed by atoms with Crippen molar-refractivity contribution in [1.82, 2.24) is 41.9 Å². The number of urea groups is 1. The number of carboxylic acid groups (broad SMARTS) is 2. The van der Waals surface area contributed by atoms with Gasteiger partial charge in [-0.25, -0.2) is 9.80 Å². The number of carbonyl (C=O) groups excluding carboxylic acids is 7. The van der Waals surface area contributed by atoms with E-state index >= 15 is 0 Å². The van der Waals surface area contributed by atoms with Crippen LogP contribution in [0.3, 0.4) is 0 Å². The number of likely N-dealkylation sites (tertiary alicyclic amines) is 1. The molecular weight excluding hydrogens is 881 g/mol. The van der Waals surface area contributed by atoms with E-state index in [1.54, 1.807) is 27.7 Å². The molecule has 1 saturated heterocycles. The fourth-order valence-electron chi connectivity index (χ4n) is 7.55. The fraction of sp³-hybridized carbons (Fsp3) is 0.562. The van der Waals surface area contributed by atoms with Crippen LogP contribution in [0.15, 0.2) is 60.7 Å². The van der Waals surface area contributed by atoms with Gasteiger partial charge in [-0.15, -0.1) is 0 Å². The molecular formula is C48H70N8O12. The molecule has 0 spiro atoms. The number of hydrogen-bond acceptors (Lipinski definition) is 10. The van der Waals surface area contributed by atoms with Crippen LogP contribution in [-0.4, -0.2) is 123 Å². The highest BCUT2D eigenvalue weighted by molar-refractivity contribution is 5.97. The van der Waals surface area contributed by atoms with Crippen LogP contribution in [0.25, 0.3) is 0 Å². The number of unbranched alkanes of at least 4 members (excludes halogenated alkanes) is 2. The number of rotatable bonds is 26. The first kappa shape index (κ1) is 55.8. The number of nitrogens with one attached hydrogen (secondary N) is 6. The molecule has 20 heteroatoms. The van der Waals surface area contributed by atoms with Gasteiger partial charge >= 0.3 is 18.0 Å². The lowest BCUT2D eigenvalue weighted by Crippen LogP contribution is -2.62. The summed E-state index contributed by atoms with van der Waals surface area (Å²) < 4.78 is 6.25. The predicted molar refractivity (Wildman–Crippen MR) is 250 cm³/mol. The summed E-state index contributed by atoms with van der Waals surface area (Å²) in [5.41, 5.74) is 4.50. The highest BCUT2D eigenvalue weighted by atomic mass is 16.5. The molecule has 374 valence electrons. The maximum atomic E-state index is 14.8. The zero-order chi connectivity index (χ0) is 50.5. The van der Waals surface area contributed by atoms with Crippen molar-refractivity contribution in [3.8, 4) is 0 Å². The predicted octanol–water partition coefficient (Wildman–Crippen LogP) is 3.17. The molecule has 0 aliphatic carbocycles. The second-order valence-electron chi connectivity index (χ2n) is 17.5. The van der Waals surface area contributed by atoms with Crippen LogP contribution in [0, 0.1) is 11.8 Å². The van der Waals surface area contributed by atoms with E-state index in [9.17, 15) is 53.4 Å². The zero-order valence-corrected chi connectivity index (χ0v) is 40.1. The van der Waals surface area contributed by atoms with Crippen molar-refractivity contribution in [1.29, 1.82) is 0 Å². The lowest BCUT2D eigenvalue weighted by molar-refractivity contribution is -0.144. The molecule has 0 bridgehead atoms. The van der Waals surface area contributed by atoms with Crippen molar-refractivity contribution < 1.29 is 58.1 Å². The van der Waals surface area contributed by atoms with E-state index in [1.807, 2.05) is 74.5 Å². The molecule has 20 nitrogen and oxygen atoms in total. The topological polar surface area (TPSA) is 282 Å². The molecule has 68 heavy (non-hydrogen) atoms. The molecule has 0 saturated carbocycles. The quantitative estimate of drug-likeness (QED) is 0.0499. The van der Waals surface area contributed by atoms with Crippen molar-refractivity contribution in [2.24, 2.45) is 11.8 Å². The Labute approximate surface area is 398 Å². The van der Waals surface area contributed by atoms with Gasteiger partial charge in [-0.05, 0) is 42.7 Å². The van der Waals surface area contributed by atoms with Gasteiger partial charge in [-0.3, -0.25) is 43.8 Å². The molecule has 8 N–H and O–H groups in total. The summed E-state index contributed by atoms with van der Waals surface area (Å²) in [5.74, 6) is -8.67. The SMILES string of the molecule is CCCCCN(NC(=O)[C@@H]1C[C@@H](OCc2ccccc2)CN1C(=O)[C@@H](NC(=O)[C@@H](NC(=O)[C@@H](CCC(=O)O)NC(=O)[C@H](CC(=O)O)NC(C)=O)[C@@H](C)CC)C(C)C)C(=O)N[C@@H](C)c1ccccc1. The van der Waals surface area contributed by atoms with Crippen molar-refractivity contribution in [3.63, 3.8) is 0 Å². The van der Waals surface area contributed by atoms with E-state index in [1.165, 1.54) is 9.91 Å². The summed E-state index contributed by atoms with van der Waals surface area (Å²) in [5, 5.41) is 32.8. The summed E-state index contributed by atoms with van der Waals surface area (Å²) in [6.07, 6.45) is 0.138. The van der Waals surface area contributed by atoms with E-state index in [2.05, 4.69) is 32.0 Å². The Morgan fingerprint density at radius 1 is 0.750 bits per heavy atom. The summed E-state index contributed by atoms with van der Waals surface area (Å²) in [4.78, 5) is 120. The number of carboxylic acids is 2.